The number of rotatable bonds is 3. The summed E-state index contributed by atoms with van der Waals surface area (Å²) in [5.41, 5.74) is -0.200. The average molecular weight is 313 g/mol. The van der Waals surface area contributed by atoms with Gasteiger partial charge in [-0.15, -0.1) is 0 Å². The number of carbonyl (C=O) groups excluding carboxylic acids is 1. The summed E-state index contributed by atoms with van der Waals surface area (Å²) in [6.07, 6.45) is -2.15. The van der Waals surface area contributed by atoms with Gasteiger partial charge in [-0.25, -0.2) is 13.8 Å². The van der Waals surface area contributed by atoms with Gasteiger partial charge in [0.15, 0.2) is 6.29 Å². The minimum Gasteiger partial charge on any atom is -0.480 e. The maximum Gasteiger partial charge on any atom is 0.281 e. The zero-order chi connectivity index (χ0) is 10.7. The molecule has 0 aliphatic heterocycles. The predicted octanol–water partition coefficient (Wildman–Crippen LogP) is 2.44. The van der Waals surface area contributed by atoms with Gasteiger partial charge in [0, 0.05) is 3.57 Å². The van der Waals surface area contributed by atoms with Crippen LogP contribution in [0.2, 0.25) is 0 Å². The van der Waals surface area contributed by atoms with E-state index in [9.17, 15) is 13.6 Å². The minimum absolute atomic E-state index is 0.0734. The number of methoxy groups -OCH3 is 1. The lowest BCUT2D eigenvalue weighted by Crippen LogP contribution is -2.01. The zero-order valence-electron chi connectivity index (χ0n) is 7.13. The van der Waals surface area contributed by atoms with E-state index in [0.29, 0.717) is 6.29 Å². The number of alkyl halides is 2. The third kappa shape index (κ3) is 2.17. The van der Waals surface area contributed by atoms with Crippen LogP contribution in [-0.2, 0) is 0 Å². The summed E-state index contributed by atoms with van der Waals surface area (Å²) < 4.78 is 29.7. The van der Waals surface area contributed by atoms with Crippen molar-refractivity contribution in [2.75, 3.05) is 7.11 Å². The van der Waals surface area contributed by atoms with Gasteiger partial charge in [0.25, 0.3) is 6.43 Å². The topological polar surface area (TPSA) is 39.2 Å². The highest BCUT2D eigenvalue weighted by atomic mass is 127. The number of carbonyl (C=O) groups is 1. The summed E-state index contributed by atoms with van der Waals surface area (Å²) in [5, 5.41) is 0. The average Bonchev–Trinajstić information content (AvgIpc) is 2.16. The van der Waals surface area contributed by atoms with Gasteiger partial charge in [-0.05, 0) is 28.7 Å². The summed E-state index contributed by atoms with van der Waals surface area (Å²) in [6.45, 7) is 0. The van der Waals surface area contributed by atoms with Crippen LogP contribution in [0.5, 0.6) is 5.88 Å². The Kier molecular flexibility index (Phi) is 3.73. The van der Waals surface area contributed by atoms with Crippen molar-refractivity contribution in [3.63, 3.8) is 0 Å². The molecule has 1 aromatic heterocycles. The molecule has 0 aromatic carbocycles. The second-order valence-electron chi connectivity index (χ2n) is 2.37. The molecule has 1 aromatic rings. The predicted molar refractivity (Wildman–Crippen MR) is 53.9 cm³/mol. The molecule has 0 amide bonds. The fraction of sp³-hybridized carbons (Fsp3) is 0.250. The van der Waals surface area contributed by atoms with Gasteiger partial charge in [-0.1, -0.05) is 0 Å². The number of hydrogen-bond acceptors (Lipinski definition) is 3. The Morgan fingerprint density at radius 3 is 2.71 bits per heavy atom. The molecule has 6 heteroatoms. The van der Waals surface area contributed by atoms with Crippen molar-refractivity contribution >= 4 is 28.9 Å². The number of aldehydes is 1. The largest absolute Gasteiger partial charge is 0.480 e. The second-order valence-corrected chi connectivity index (χ2v) is 3.53. The molecule has 0 aliphatic rings. The van der Waals surface area contributed by atoms with Crippen molar-refractivity contribution in [2.45, 2.75) is 6.43 Å². The van der Waals surface area contributed by atoms with E-state index in [1.165, 1.54) is 13.2 Å². The zero-order valence-corrected chi connectivity index (χ0v) is 9.29. The molecular weight excluding hydrogens is 307 g/mol. The molecule has 76 valence electrons. The second kappa shape index (κ2) is 4.63. The number of pyridine rings is 1. The molecule has 14 heavy (non-hydrogen) atoms. The molecule has 0 saturated heterocycles. The normalized spacial score (nSPS) is 10.4. The summed E-state index contributed by atoms with van der Waals surface area (Å²) in [7, 11) is 1.28. The van der Waals surface area contributed by atoms with E-state index < -0.39 is 6.43 Å². The van der Waals surface area contributed by atoms with E-state index in [1.54, 1.807) is 22.6 Å². The Morgan fingerprint density at radius 2 is 2.29 bits per heavy atom. The lowest BCUT2D eigenvalue weighted by molar-refractivity contribution is 0.111. The Balaban J connectivity index is 3.30. The molecule has 0 saturated carbocycles. The smallest absolute Gasteiger partial charge is 0.281 e. The van der Waals surface area contributed by atoms with Crippen LogP contribution < -0.4 is 4.74 Å². The lowest BCUT2D eigenvalue weighted by atomic mass is 10.2. The quantitative estimate of drug-likeness (QED) is 0.635. The van der Waals surface area contributed by atoms with Crippen LogP contribution in [0.1, 0.15) is 22.5 Å². The molecule has 0 fully saturated rings. The van der Waals surface area contributed by atoms with E-state index in [2.05, 4.69) is 4.98 Å². The highest BCUT2D eigenvalue weighted by Gasteiger charge is 2.17. The van der Waals surface area contributed by atoms with Gasteiger partial charge in [0.2, 0.25) is 5.88 Å². The maximum absolute atomic E-state index is 12.4. The van der Waals surface area contributed by atoms with Gasteiger partial charge in [0.1, 0.15) is 5.69 Å². The van der Waals surface area contributed by atoms with Crippen LogP contribution in [0, 0.1) is 3.57 Å². The third-order valence-corrected chi connectivity index (χ3v) is 2.39. The molecule has 0 spiro atoms. The molecule has 0 unspecified atom stereocenters. The first-order valence-electron chi connectivity index (χ1n) is 3.58. The molecule has 1 rings (SSSR count). The molecule has 0 radical (unpaired) electrons. The lowest BCUT2D eigenvalue weighted by Gasteiger charge is -2.07. The third-order valence-electron chi connectivity index (χ3n) is 1.52. The first-order valence-corrected chi connectivity index (χ1v) is 4.65. The molecule has 0 aliphatic carbocycles. The van der Waals surface area contributed by atoms with E-state index in [4.69, 9.17) is 4.74 Å². The number of aromatic nitrogens is 1. The molecular formula is C8H6F2INO2. The Hall–Kier alpha value is -0.790. The van der Waals surface area contributed by atoms with Crippen LogP contribution in [0.15, 0.2) is 6.07 Å². The first-order chi connectivity index (χ1) is 6.60. The van der Waals surface area contributed by atoms with Crippen LogP contribution in [0.25, 0.3) is 0 Å². The van der Waals surface area contributed by atoms with Crippen LogP contribution in [0.4, 0.5) is 8.78 Å². The number of halogens is 3. The van der Waals surface area contributed by atoms with Crippen LogP contribution in [0.3, 0.4) is 0 Å². The highest BCUT2D eigenvalue weighted by molar-refractivity contribution is 14.1. The Morgan fingerprint density at radius 1 is 1.64 bits per heavy atom. The van der Waals surface area contributed by atoms with Gasteiger partial charge in [-0.3, -0.25) is 4.79 Å². The monoisotopic (exact) mass is 313 g/mol. The number of ether oxygens (including phenoxy) is 1. The summed E-state index contributed by atoms with van der Waals surface area (Å²) >= 11 is 1.70. The Labute approximate surface area is 92.6 Å². The van der Waals surface area contributed by atoms with Crippen molar-refractivity contribution in [2.24, 2.45) is 0 Å². The fourth-order valence-corrected chi connectivity index (χ4v) is 1.59. The van der Waals surface area contributed by atoms with Crippen molar-refractivity contribution in [3.05, 3.63) is 20.9 Å². The van der Waals surface area contributed by atoms with Gasteiger partial charge < -0.3 is 4.74 Å². The Bertz CT molecular complexity index is 357. The van der Waals surface area contributed by atoms with Gasteiger partial charge in [-0.2, -0.15) is 0 Å². The highest BCUT2D eigenvalue weighted by Crippen LogP contribution is 2.26. The molecule has 0 bridgehead atoms. The maximum atomic E-state index is 12.4. The standard InChI is InChI=1S/C8H6F2INO2/c1-14-8-4(3-13)2-5(11)6(12-8)7(9)10/h2-3,7H,1H3. The van der Waals surface area contributed by atoms with E-state index in [-0.39, 0.29) is 20.7 Å². The van der Waals surface area contributed by atoms with E-state index >= 15 is 0 Å². The SMILES string of the molecule is COc1nc(C(F)F)c(I)cc1C=O. The van der Waals surface area contributed by atoms with Crippen molar-refractivity contribution in [3.8, 4) is 5.88 Å². The van der Waals surface area contributed by atoms with Gasteiger partial charge in [0.05, 0.1) is 12.7 Å². The number of hydrogen-bond donors (Lipinski definition) is 0. The summed E-state index contributed by atoms with van der Waals surface area (Å²) in [6, 6.07) is 1.32. The molecule has 3 nitrogen and oxygen atoms in total. The molecule has 1 heterocycles. The van der Waals surface area contributed by atoms with Crippen LogP contribution in [-0.4, -0.2) is 18.4 Å². The molecule has 0 atom stereocenters. The van der Waals surface area contributed by atoms with E-state index in [1.807, 2.05) is 0 Å². The number of nitrogens with zero attached hydrogens (tertiary/aromatic N) is 1. The molecule has 0 N–H and O–H groups in total. The van der Waals surface area contributed by atoms with Crippen molar-refractivity contribution in [1.82, 2.24) is 4.98 Å². The van der Waals surface area contributed by atoms with Crippen LogP contribution >= 0.6 is 22.6 Å². The van der Waals surface area contributed by atoms with Crippen molar-refractivity contribution in [1.29, 1.82) is 0 Å². The first kappa shape index (κ1) is 11.3. The van der Waals surface area contributed by atoms with E-state index in [0.717, 1.165) is 0 Å². The van der Waals surface area contributed by atoms with Crippen molar-refractivity contribution < 1.29 is 18.3 Å². The van der Waals surface area contributed by atoms with Gasteiger partial charge >= 0.3 is 0 Å². The summed E-state index contributed by atoms with van der Waals surface area (Å²) in [4.78, 5) is 14.1. The fourth-order valence-electron chi connectivity index (χ4n) is 0.901. The minimum atomic E-state index is -2.67. The summed E-state index contributed by atoms with van der Waals surface area (Å²) in [5.74, 6) is -0.0734.